The van der Waals surface area contributed by atoms with Crippen LogP contribution in [0, 0.1) is 0 Å². The molecule has 0 N–H and O–H groups in total. The van der Waals surface area contributed by atoms with Gasteiger partial charge in [-0.25, -0.2) is 9.97 Å². The van der Waals surface area contributed by atoms with Crippen LogP contribution in [0.4, 0.5) is 5.95 Å². The Labute approximate surface area is 120 Å². The van der Waals surface area contributed by atoms with Gasteiger partial charge in [-0.2, -0.15) is 0 Å². The van der Waals surface area contributed by atoms with Crippen molar-refractivity contribution in [3.8, 4) is 0 Å². The third kappa shape index (κ3) is 2.93. The van der Waals surface area contributed by atoms with E-state index in [2.05, 4.69) is 42.9 Å². The number of nitrogens with zero attached hydrogens (tertiary/aromatic N) is 3. The van der Waals surface area contributed by atoms with Crippen LogP contribution in [0.5, 0.6) is 0 Å². The van der Waals surface area contributed by atoms with Crippen molar-refractivity contribution in [1.82, 2.24) is 9.97 Å². The summed E-state index contributed by atoms with van der Waals surface area (Å²) in [5.41, 5.74) is 1.18. The van der Waals surface area contributed by atoms with Crippen molar-refractivity contribution in [1.29, 1.82) is 0 Å². The van der Waals surface area contributed by atoms with Crippen LogP contribution in [0.2, 0.25) is 0 Å². The minimum absolute atomic E-state index is 0.0747. The number of ether oxygens (including phenoxy) is 1. The van der Waals surface area contributed by atoms with Crippen LogP contribution in [0.25, 0.3) is 0 Å². The smallest absolute Gasteiger partial charge is 0.225 e. The van der Waals surface area contributed by atoms with Gasteiger partial charge in [0.25, 0.3) is 0 Å². The Balaban J connectivity index is 1.76. The Bertz CT molecular complexity index is 532. The van der Waals surface area contributed by atoms with Crippen LogP contribution >= 0.6 is 15.9 Å². The first-order valence-corrected chi connectivity index (χ1v) is 7.01. The molecule has 1 fully saturated rings. The molecule has 3 rings (SSSR count). The molecule has 2 heterocycles. The number of halogens is 1. The third-order valence-electron chi connectivity index (χ3n) is 3.14. The molecule has 1 aliphatic rings. The SMILES string of the molecule is Brc1ccc(C2CN(c3ncccn3)CCO2)cc1. The van der Waals surface area contributed by atoms with Gasteiger partial charge in [-0.3, -0.25) is 0 Å². The van der Waals surface area contributed by atoms with E-state index < -0.39 is 0 Å². The summed E-state index contributed by atoms with van der Waals surface area (Å²) in [4.78, 5) is 10.8. The molecule has 0 saturated carbocycles. The van der Waals surface area contributed by atoms with Crippen molar-refractivity contribution < 1.29 is 4.74 Å². The van der Waals surface area contributed by atoms with Crippen molar-refractivity contribution in [3.05, 3.63) is 52.8 Å². The molecule has 0 spiro atoms. The molecule has 1 aliphatic heterocycles. The Hall–Kier alpha value is -1.46. The molecule has 1 unspecified atom stereocenters. The number of benzene rings is 1. The third-order valence-corrected chi connectivity index (χ3v) is 3.67. The van der Waals surface area contributed by atoms with Crippen molar-refractivity contribution in [3.63, 3.8) is 0 Å². The molecule has 2 aromatic rings. The van der Waals surface area contributed by atoms with Crippen LogP contribution in [-0.4, -0.2) is 29.7 Å². The second kappa shape index (κ2) is 5.67. The van der Waals surface area contributed by atoms with Crippen molar-refractivity contribution in [2.24, 2.45) is 0 Å². The molecule has 0 aliphatic carbocycles. The standard InChI is InChI=1S/C14H14BrN3O/c15-12-4-2-11(3-5-12)13-10-18(8-9-19-13)14-16-6-1-7-17-14/h1-7,13H,8-10H2. The fraction of sp³-hybridized carbons (Fsp3) is 0.286. The molecule has 19 heavy (non-hydrogen) atoms. The predicted molar refractivity (Wildman–Crippen MR) is 77.1 cm³/mol. The van der Waals surface area contributed by atoms with E-state index >= 15 is 0 Å². The van der Waals surface area contributed by atoms with Gasteiger partial charge in [0.2, 0.25) is 5.95 Å². The number of anilines is 1. The number of hydrogen-bond donors (Lipinski definition) is 0. The summed E-state index contributed by atoms with van der Waals surface area (Å²) in [6.45, 7) is 2.31. The maximum atomic E-state index is 5.84. The van der Waals surface area contributed by atoms with Crippen molar-refractivity contribution in [2.45, 2.75) is 6.10 Å². The summed E-state index contributed by atoms with van der Waals surface area (Å²) >= 11 is 3.45. The highest BCUT2D eigenvalue weighted by molar-refractivity contribution is 9.10. The highest BCUT2D eigenvalue weighted by Gasteiger charge is 2.23. The molecular formula is C14H14BrN3O. The molecule has 98 valence electrons. The van der Waals surface area contributed by atoms with E-state index in [1.54, 1.807) is 12.4 Å². The van der Waals surface area contributed by atoms with E-state index in [1.807, 2.05) is 18.2 Å². The number of aromatic nitrogens is 2. The summed E-state index contributed by atoms with van der Waals surface area (Å²) in [5.74, 6) is 0.771. The molecule has 0 radical (unpaired) electrons. The van der Waals surface area contributed by atoms with Gasteiger partial charge < -0.3 is 9.64 Å². The second-order valence-electron chi connectivity index (χ2n) is 4.41. The highest BCUT2D eigenvalue weighted by atomic mass is 79.9. The van der Waals surface area contributed by atoms with Crippen molar-refractivity contribution in [2.75, 3.05) is 24.6 Å². The fourth-order valence-electron chi connectivity index (χ4n) is 2.16. The average molecular weight is 320 g/mol. The molecular weight excluding hydrogens is 306 g/mol. The zero-order valence-electron chi connectivity index (χ0n) is 10.4. The van der Waals surface area contributed by atoms with E-state index in [0.29, 0.717) is 6.61 Å². The predicted octanol–water partition coefficient (Wildman–Crippen LogP) is 2.82. The van der Waals surface area contributed by atoms with Crippen LogP contribution in [0.15, 0.2) is 47.2 Å². The number of morpholine rings is 1. The molecule has 5 heteroatoms. The normalized spacial score (nSPS) is 19.4. The fourth-order valence-corrected chi connectivity index (χ4v) is 2.43. The van der Waals surface area contributed by atoms with Crippen LogP contribution in [0.1, 0.15) is 11.7 Å². The molecule has 1 aromatic heterocycles. The first kappa shape index (κ1) is 12.6. The number of hydrogen-bond acceptors (Lipinski definition) is 4. The van der Waals surface area contributed by atoms with Gasteiger partial charge in [0, 0.05) is 23.4 Å². The van der Waals surface area contributed by atoms with Crippen molar-refractivity contribution >= 4 is 21.9 Å². The lowest BCUT2D eigenvalue weighted by molar-refractivity contribution is 0.0392. The maximum Gasteiger partial charge on any atom is 0.225 e. The zero-order valence-corrected chi connectivity index (χ0v) is 12.0. The van der Waals surface area contributed by atoms with Crippen LogP contribution < -0.4 is 4.90 Å². The summed E-state index contributed by atoms with van der Waals surface area (Å²) in [6.07, 6.45) is 3.62. The largest absolute Gasteiger partial charge is 0.370 e. The average Bonchev–Trinajstić information content (AvgIpc) is 2.49. The minimum atomic E-state index is 0.0747. The van der Waals surface area contributed by atoms with E-state index in [1.165, 1.54) is 5.56 Å². The molecule has 0 bridgehead atoms. The summed E-state index contributed by atoms with van der Waals surface area (Å²) in [7, 11) is 0. The minimum Gasteiger partial charge on any atom is -0.370 e. The van der Waals surface area contributed by atoms with Gasteiger partial charge in [0.05, 0.1) is 13.2 Å². The first-order chi connectivity index (χ1) is 9.33. The first-order valence-electron chi connectivity index (χ1n) is 6.22. The van der Waals surface area contributed by atoms with Gasteiger partial charge in [0.15, 0.2) is 0 Å². The molecule has 1 aromatic carbocycles. The molecule has 1 atom stereocenters. The lowest BCUT2D eigenvalue weighted by Gasteiger charge is -2.33. The van der Waals surface area contributed by atoms with Crippen LogP contribution in [-0.2, 0) is 4.74 Å². The van der Waals surface area contributed by atoms with Crippen LogP contribution in [0.3, 0.4) is 0 Å². The van der Waals surface area contributed by atoms with E-state index in [4.69, 9.17) is 4.74 Å². The molecule has 1 saturated heterocycles. The van der Waals surface area contributed by atoms with Gasteiger partial charge in [-0.15, -0.1) is 0 Å². The summed E-state index contributed by atoms with van der Waals surface area (Å²) < 4.78 is 6.92. The van der Waals surface area contributed by atoms with Gasteiger partial charge in [0.1, 0.15) is 6.10 Å². The van der Waals surface area contributed by atoms with E-state index in [-0.39, 0.29) is 6.10 Å². The summed E-state index contributed by atoms with van der Waals surface area (Å²) in [6, 6.07) is 10.1. The Morgan fingerprint density at radius 2 is 1.89 bits per heavy atom. The quantitative estimate of drug-likeness (QED) is 0.853. The van der Waals surface area contributed by atoms with Gasteiger partial charge >= 0.3 is 0 Å². The summed E-state index contributed by atoms with van der Waals surface area (Å²) in [5, 5.41) is 0. The topological polar surface area (TPSA) is 38.2 Å². The molecule has 4 nitrogen and oxygen atoms in total. The Morgan fingerprint density at radius 3 is 2.63 bits per heavy atom. The second-order valence-corrected chi connectivity index (χ2v) is 5.32. The Kier molecular flexibility index (Phi) is 3.75. The number of rotatable bonds is 2. The highest BCUT2D eigenvalue weighted by Crippen LogP contribution is 2.25. The van der Waals surface area contributed by atoms with E-state index in [9.17, 15) is 0 Å². The zero-order chi connectivity index (χ0) is 13.1. The van der Waals surface area contributed by atoms with Gasteiger partial charge in [-0.1, -0.05) is 28.1 Å². The molecule has 0 amide bonds. The lowest BCUT2D eigenvalue weighted by atomic mass is 10.1. The Morgan fingerprint density at radius 1 is 1.16 bits per heavy atom. The maximum absolute atomic E-state index is 5.84. The van der Waals surface area contributed by atoms with E-state index in [0.717, 1.165) is 23.5 Å². The monoisotopic (exact) mass is 319 g/mol. The van der Waals surface area contributed by atoms with Gasteiger partial charge in [-0.05, 0) is 23.8 Å². The lowest BCUT2D eigenvalue weighted by Crippen LogP contribution is -2.39.